The third-order valence-corrected chi connectivity index (χ3v) is 3.29. The molecule has 0 bridgehead atoms. The molecule has 1 atom stereocenters. The van der Waals surface area contributed by atoms with Gasteiger partial charge in [0.2, 0.25) is 0 Å². The molecule has 0 aromatic heterocycles. The van der Waals surface area contributed by atoms with Gasteiger partial charge in [-0.3, -0.25) is 4.79 Å². The quantitative estimate of drug-likeness (QED) is 0.728. The first-order valence-electron chi connectivity index (χ1n) is 6.12. The van der Waals surface area contributed by atoms with Crippen LogP contribution in [0.4, 0.5) is 0 Å². The summed E-state index contributed by atoms with van der Waals surface area (Å²) in [7, 11) is 0. The zero-order valence-corrected chi connectivity index (χ0v) is 10.2. The van der Waals surface area contributed by atoms with Gasteiger partial charge in [-0.1, -0.05) is 0 Å². The van der Waals surface area contributed by atoms with Crippen molar-refractivity contribution in [1.29, 1.82) is 0 Å². The van der Waals surface area contributed by atoms with E-state index in [1.165, 1.54) is 18.2 Å². The molecule has 5 nitrogen and oxygen atoms in total. The van der Waals surface area contributed by atoms with E-state index in [1.807, 2.05) is 0 Å². The summed E-state index contributed by atoms with van der Waals surface area (Å²) in [5.74, 6) is -0.0376. The highest BCUT2D eigenvalue weighted by atomic mass is 16.3. The summed E-state index contributed by atoms with van der Waals surface area (Å²) in [6.45, 7) is 1.92. The van der Waals surface area contributed by atoms with Gasteiger partial charge in [-0.15, -0.1) is 0 Å². The van der Waals surface area contributed by atoms with Crippen LogP contribution in [0.1, 0.15) is 23.2 Å². The molecule has 1 amide bonds. The molecule has 0 radical (unpaired) electrons. The molecule has 1 heterocycles. The average molecular weight is 250 g/mol. The van der Waals surface area contributed by atoms with Crippen molar-refractivity contribution < 1.29 is 15.0 Å². The lowest BCUT2D eigenvalue weighted by molar-refractivity contribution is 0.0677. The largest absolute Gasteiger partial charge is 0.508 e. The molecule has 1 aromatic carbocycles. The van der Waals surface area contributed by atoms with E-state index in [1.54, 1.807) is 4.90 Å². The van der Waals surface area contributed by atoms with E-state index in [9.17, 15) is 15.0 Å². The number of likely N-dealkylation sites (tertiary alicyclic amines) is 1. The number of amides is 1. The number of carbonyl (C=O) groups is 1. The van der Waals surface area contributed by atoms with Crippen LogP contribution in [0, 0.1) is 5.92 Å². The molecule has 1 saturated heterocycles. The van der Waals surface area contributed by atoms with Crippen LogP contribution in [0.5, 0.6) is 11.5 Å². The number of hydrogen-bond donors (Lipinski definition) is 3. The van der Waals surface area contributed by atoms with Gasteiger partial charge in [-0.05, 0) is 37.4 Å². The van der Waals surface area contributed by atoms with Gasteiger partial charge in [0.1, 0.15) is 11.5 Å². The normalized spacial score (nSPS) is 19.8. The van der Waals surface area contributed by atoms with Gasteiger partial charge >= 0.3 is 0 Å². The third-order valence-electron chi connectivity index (χ3n) is 3.29. The minimum Gasteiger partial charge on any atom is -0.508 e. The number of carbonyl (C=O) groups excluding carboxylic acids is 1. The maximum absolute atomic E-state index is 12.2. The van der Waals surface area contributed by atoms with Crippen molar-refractivity contribution >= 4 is 5.91 Å². The molecular weight excluding hydrogens is 232 g/mol. The maximum Gasteiger partial charge on any atom is 0.254 e. The average Bonchev–Trinajstić information content (AvgIpc) is 2.37. The predicted molar refractivity (Wildman–Crippen MR) is 67.5 cm³/mol. The second kappa shape index (κ2) is 5.27. The van der Waals surface area contributed by atoms with Crippen LogP contribution in [-0.2, 0) is 0 Å². The second-order valence-electron chi connectivity index (χ2n) is 4.73. The predicted octanol–water partition coefficient (Wildman–Crippen LogP) is 0.909. The first-order valence-corrected chi connectivity index (χ1v) is 6.12. The smallest absolute Gasteiger partial charge is 0.254 e. The monoisotopic (exact) mass is 250 g/mol. The number of nitrogens with zero attached hydrogens (tertiary/aromatic N) is 1. The van der Waals surface area contributed by atoms with E-state index in [0.717, 1.165) is 12.8 Å². The van der Waals surface area contributed by atoms with E-state index >= 15 is 0 Å². The van der Waals surface area contributed by atoms with E-state index in [2.05, 4.69) is 0 Å². The Labute approximate surface area is 106 Å². The van der Waals surface area contributed by atoms with Crippen molar-refractivity contribution in [2.75, 3.05) is 19.6 Å². The van der Waals surface area contributed by atoms with Gasteiger partial charge in [-0.25, -0.2) is 0 Å². The summed E-state index contributed by atoms with van der Waals surface area (Å²) >= 11 is 0. The fourth-order valence-corrected chi connectivity index (χ4v) is 2.34. The summed E-state index contributed by atoms with van der Waals surface area (Å²) in [4.78, 5) is 14.0. The maximum atomic E-state index is 12.2. The summed E-state index contributed by atoms with van der Waals surface area (Å²) in [5, 5.41) is 18.8. The number of piperidine rings is 1. The number of nitrogens with two attached hydrogens (primary N) is 1. The molecule has 4 N–H and O–H groups in total. The second-order valence-corrected chi connectivity index (χ2v) is 4.73. The van der Waals surface area contributed by atoms with Gasteiger partial charge in [0.15, 0.2) is 0 Å². The summed E-state index contributed by atoms with van der Waals surface area (Å²) < 4.78 is 0. The molecule has 1 aromatic rings. The molecule has 0 spiro atoms. The lowest BCUT2D eigenvalue weighted by Gasteiger charge is -2.32. The zero-order chi connectivity index (χ0) is 13.1. The number of phenols is 2. The number of aromatic hydroxyl groups is 2. The van der Waals surface area contributed by atoms with Crippen LogP contribution >= 0.6 is 0 Å². The molecule has 0 aliphatic carbocycles. The Bertz CT molecular complexity index is 428. The van der Waals surface area contributed by atoms with Crippen LogP contribution in [-0.4, -0.2) is 40.7 Å². The van der Waals surface area contributed by atoms with Crippen molar-refractivity contribution in [3.8, 4) is 11.5 Å². The zero-order valence-electron chi connectivity index (χ0n) is 10.2. The SMILES string of the molecule is NCC1CCCN(C(=O)c2cc(O)cc(O)c2)C1. The van der Waals surface area contributed by atoms with Crippen LogP contribution < -0.4 is 5.73 Å². The minimum atomic E-state index is -0.167. The molecule has 0 saturated carbocycles. The highest BCUT2D eigenvalue weighted by Gasteiger charge is 2.24. The van der Waals surface area contributed by atoms with Crippen molar-refractivity contribution in [2.24, 2.45) is 11.7 Å². The van der Waals surface area contributed by atoms with Crippen molar-refractivity contribution in [3.63, 3.8) is 0 Å². The fraction of sp³-hybridized carbons (Fsp3) is 0.462. The topological polar surface area (TPSA) is 86.8 Å². The Balaban J connectivity index is 2.15. The van der Waals surface area contributed by atoms with Crippen molar-refractivity contribution in [3.05, 3.63) is 23.8 Å². The first kappa shape index (κ1) is 12.7. The number of rotatable bonds is 2. The van der Waals surface area contributed by atoms with Gasteiger partial charge in [0.05, 0.1) is 0 Å². The Hall–Kier alpha value is -1.75. The van der Waals surface area contributed by atoms with Crippen LogP contribution in [0.2, 0.25) is 0 Å². The lowest BCUT2D eigenvalue weighted by atomic mass is 9.97. The summed E-state index contributed by atoms with van der Waals surface area (Å²) in [6, 6.07) is 3.94. The number of benzene rings is 1. The molecule has 1 aliphatic rings. The Morgan fingerprint density at radius 3 is 2.61 bits per heavy atom. The highest BCUT2D eigenvalue weighted by molar-refractivity contribution is 5.95. The Morgan fingerprint density at radius 1 is 1.33 bits per heavy atom. The Morgan fingerprint density at radius 2 is 2.00 bits per heavy atom. The van der Waals surface area contributed by atoms with Gasteiger partial charge < -0.3 is 20.8 Å². The first-order chi connectivity index (χ1) is 8.60. The minimum absolute atomic E-state index is 0.106. The summed E-state index contributed by atoms with van der Waals surface area (Å²) in [6.07, 6.45) is 1.99. The molecule has 1 fully saturated rings. The molecule has 98 valence electrons. The molecule has 5 heteroatoms. The van der Waals surface area contributed by atoms with Crippen LogP contribution in [0.25, 0.3) is 0 Å². The Kier molecular flexibility index (Phi) is 3.72. The van der Waals surface area contributed by atoms with Gasteiger partial charge in [0.25, 0.3) is 5.91 Å². The standard InChI is InChI=1S/C13H18N2O3/c14-7-9-2-1-3-15(8-9)13(18)10-4-11(16)6-12(17)5-10/h4-6,9,16-17H,1-3,7-8,14H2. The molecule has 2 rings (SSSR count). The van der Waals surface area contributed by atoms with Crippen molar-refractivity contribution in [2.45, 2.75) is 12.8 Å². The van der Waals surface area contributed by atoms with E-state index in [4.69, 9.17) is 5.73 Å². The van der Waals surface area contributed by atoms with Crippen LogP contribution in [0.15, 0.2) is 18.2 Å². The van der Waals surface area contributed by atoms with Gasteiger partial charge in [0, 0.05) is 24.7 Å². The summed E-state index contributed by atoms with van der Waals surface area (Å²) in [5.41, 5.74) is 5.94. The van der Waals surface area contributed by atoms with E-state index in [-0.39, 0.29) is 17.4 Å². The molecular formula is C13H18N2O3. The van der Waals surface area contributed by atoms with E-state index < -0.39 is 0 Å². The van der Waals surface area contributed by atoms with Crippen LogP contribution in [0.3, 0.4) is 0 Å². The highest BCUT2D eigenvalue weighted by Crippen LogP contribution is 2.23. The van der Waals surface area contributed by atoms with Gasteiger partial charge in [-0.2, -0.15) is 0 Å². The molecule has 18 heavy (non-hydrogen) atoms. The third kappa shape index (κ3) is 2.73. The molecule has 1 aliphatic heterocycles. The van der Waals surface area contributed by atoms with E-state index in [0.29, 0.717) is 31.1 Å². The fourth-order valence-electron chi connectivity index (χ4n) is 2.34. The lowest BCUT2D eigenvalue weighted by Crippen LogP contribution is -2.42. The number of hydrogen-bond acceptors (Lipinski definition) is 4. The number of phenolic OH excluding ortho intramolecular Hbond substituents is 2. The molecule has 1 unspecified atom stereocenters. The van der Waals surface area contributed by atoms with Crippen molar-refractivity contribution in [1.82, 2.24) is 4.90 Å².